The maximum atomic E-state index is 14.2. The van der Waals surface area contributed by atoms with Crippen LogP contribution in [0.1, 0.15) is 81.8 Å². The highest BCUT2D eigenvalue weighted by Crippen LogP contribution is 2.43. The van der Waals surface area contributed by atoms with Gasteiger partial charge in [0.2, 0.25) is 5.91 Å². The lowest BCUT2D eigenvalue weighted by molar-refractivity contribution is -0.137. The largest absolute Gasteiger partial charge is 0.488 e. The molecule has 0 radical (unpaired) electrons. The summed E-state index contributed by atoms with van der Waals surface area (Å²) in [5, 5.41) is 7.54. The Labute approximate surface area is 390 Å². The van der Waals surface area contributed by atoms with Crippen LogP contribution in [0.5, 0.6) is 5.75 Å². The van der Waals surface area contributed by atoms with E-state index in [1.54, 1.807) is 12.0 Å². The molecule has 352 valence electrons. The Morgan fingerprint density at radius 3 is 2.30 bits per heavy atom. The van der Waals surface area contributed by atoms with Gasteiger partial charge in [-0.05, 0) is 97.9 Å². The molecular formula is C51H60N8O8. The molecule has 0 bridgehead atoms. The zero-order valence-corrected chi connectivity index (χ0v) is 39.3. The summed E-state index contributed by atoms with van der Waals surface area (Å²) in [6.07, 6.45) is 3.29. The normalized spacial score (nSPS) is 19.5. The third kappa shape index (κ3) is 9.66. The number of benzene rings is 4. The van der Waals surface area contributed by atoms with Crippen LogP contribution in [0.2, 0.25) is 0 Å². The average molecular weight is 913 g/mol. The summed E-state index contributed by atoms with van der Waals surface area (Å²) in [4.78, 5) is 70.3. The number of carbonyl (C=O) groups is 4. The summed E-state index contributed by atoms with van der Waals surface area (Å²) in [6, 6.07) is 22.7. The molecule has 16 nitrogen and oxygen atoms in total. The van der Waals surface area contributed by atoms with E-state index in [2.05, 4.69) is 81.7 Å². The smallest absolute Gasteiger partial charge is 0.407 e. The molecule has 9 rings (SSSR count). The molecule has 4 amide bonds. The quantitative estimate of drug-likeness (QED) is 0.104. The van der Waals surface area contributed by atoms with Crippen LogP contribution < -0.4 is 15.4 Å². The predicted molar refractivity (Wildman–Crippen MR) is 254 cm³/mol. The Morgan fingerprint density at radius 2 is 1.60 bits per heavy atom. The number of H-pyrrole nitrogens is 2. The van der Waals surface area contributed by atoms with Crippen LogP contribution in [-0.4, -0.2) is 106 Å². The van der Waals surface area contributed by atoms with Crippen LogP contribution >= 0.6 is 0 Å². The van der Waals surface area contributed by atoms with Crippen molar-refractivity contribution in [2.75, 3.05) is 34.5 Å². The topological polar surface area (TPSA) is 193 Å². The highest BCUT2D eigenvalue weighted by Gasteiger charge is 2.41. The van der Waals surface area contributed by atoms with Crippen molar-refractivity contribution in [3.8, 4) is 28.1 Å². The molecule has 3 aliphatic heterocycles. The molecule has 2 fully saturated rings. The zero-order chi connectivity index (χ0) is 47.5. The molecule has 2 saturated heterocycles. The van der Waals surface area contributed by atoms with E-state index in [0.29, 0.717) is 37.6 Å². The number of amides is 4. The van der Waals surface area contributed by atoms with E-state index < -0.39 is 24.3 Å². The van der Waals surface area contributed by atoms with E-state index >= 15 is 0 Å². The summed E-state index contributed by atoms with van der Waals surface area (Å²) in [5.74, 6) is 2.31. The molecule has 6 atom stereocenters. The molecule has 0 saturated carbocycles. The minimum atomic E-state index is -0.915. The first-order valence-corrected chi connectivity index (χ1v) is 22.9. The van der Waals surface area contributed by atoms with E-state index in [4.69, 9.17) is 24.2 Å². The van der Waals surface area contributed by atoms with E-state index in [1.165, 1.54) is 14.2 Å². The number of ether oxygens (including phenoxy) is 4. The van der Waals surface area contributed by atoms with Crippen molar-refractivity contribution in [3.63, 3.8) is 0 Å². The van der Waals surface area contributed by atoms with Crippen LogP contribution in [0.25, 0.3) is 44.2 Å². The number of aromatic amines is 2. The maximum Gasteiger partial charge on any atom is 0.407 e. The molecule has 16 heteroatoms. The van der Waals surface area contributed by atoms with Gasteiger partial charge in [-0.1, -0.05) is 62.4 Å². The fourth-order valence-corrected chi connectivity index (χ4v) is 9.78. The average Bonchev–Trinajstić information content (AvgIpc) is 4.15. The fourth-order valence-electron chi connectivity index (χ4n) is 9.78. The van der Waals surface area contributed by atoms with Crippen molar-refractivity contribution < 1.29 is 38.1 Å². The predicted octanol–water partition coefficient (Wildman–Crippen LogP) is 8.37. The molecule has 2 aromatic heterocycles. The van der Waals surface area contributed by atoms with E-state index in [1.807, 2.05) is 62.2 Å². The van der Waals surface area contributed by atoms with E-state index in [0.717, 1.165) is 74.2 Å². The second-order valence-electron chi connectivity index (χ2n) is 18.1. The number of methoxy groups -OCH3 is 3. The summed E-state index contributed by atoms with van der Waals surface area (Å²) >= 11 is 0. The highest BCUT2D eigenvalue weighted by molar-refractivity contribution is 6.07. The number of carbonyl (C=O) groups excluding carboxylic acids is 4. The number of alkyl carbamates (subject to hydrolysis) is 2. The third-order valence-electron chi connectivity index (χ3n) is 13.2. The van der Waals surface area contributed by atoms with Crippen LogP contribution in [0.3, 0.4) is 0 Å². The Kier molecular flexibility index (Phi) is 13.8. The zero-order valence-electron chi connectivity index (χ0n) is 39.3. The second kappa shape index (κ2) is 19.9. The lowest BCUT2D eigenvalue weighted by Crippen LogP contribution is -2.53. The molecule has 4 N–H and O–H groups in total. The van der Waals surface area contributed by atoms with Gasteiger partial charge in [-0.15, -0.1) is 0 Å². The molecule has 0 spiro atoms. The lowest BCUT2D eigenvalue weighted by Gasteiger charge is -2.32. The van der Waals surface area contributed by atoms with E-state index in [9.17, 15) is 19.2 Å². The summed E-state index contributed by atoms with van der Waals surface area (Å²) in [6.45, 7) is 11.3. The van der Waals surface area contributed by atoms with Gasteiger partial charge in [-0.3, -0.25) is 9.59 Å². The summed E-state index contributed by atoms with van der Waals surface area (Å²) in [7, 11) is 4.25. The van der Waals surface area contributed by atoms with Crippen molar-refractivity contribution in [2.24, 2.45) is 11.8 Å². The number of imidazole rings is 2. The monoisotopic (exact) mass is 912 g/mol. The van der Waals surface area contributed by atoms with Crippen LogP contribution in [0, 0.1) is 18.8 Å². The molecule has 5 heterocycles. The highest BCUT2D eigenvalue weighted by atomic mass is 16.5. The Morgan fingerprint density at radius 1 is 0.866 bits per heavy atom. The number of fused-ring (bicyclic) bond motifs is 6. The minimum absolute atomic E-state index is 0.00657. The fraction of sp³-hybridized carbons (Fsp3) is 0.412. The van der Waals surface area contributed by atoms with Gasteiger partial charge in [0.1, 0.15) is 36.1 Å². The van der Waals surface area contributed by atoms with Crippen molar-refractivity contribution in [2.45, 2.75) is 90.7 Å². The first-order chi connectivity index (χ1) is 32.3. The number of rotatable bonds is 10. The summed E-state index contributed by atoms with van der Waals surface area (Å²) in [5.41, 5.74) is 7.70. The number of nitrogens with zero attached hydrogens (tertiary/aromatic N) is 4. The lowest BCUT2D eigenvalue weighted by atomic mass is 9.92. The van der Waals surface area contributed by atoms with Gasteiger partial charge in [0.15, 0.2) is 0 Å². The van der Waals surface area contributed by atoms with Crippen LogP contribution in [0.4, 0.5) is 9.59 Å². The third-order valence-corrected chi connectivity index (χ3v) is 13.2. The van der Waals surface area contributed by atoms with Crippen molar-refractivity contribution in [3.05, 3.63) is 102 Å². The summed E-state index contributed by atoms with van der Waals surface area (Å²) < 4.78 is 21.2. The van der Waals surface area contributed by atoms with Gasteiger partial charge in [0, 0.05) is 42.6 Å². The number of hydrogen-bond acceptors (Lipinski definition) is 10. The van der Waals surface area contributed by atoms with Gasteiger partial charge >= 0.3 is 12.2 Å². The van der Waals surface area contributed by atoms with Gasteiger partial charge in [0.05, 0.1) is 49.8 Å². The van der Waals surface area contributed by atoms with Crippen molar-refractivity contribution in [1.29, 1.82) is 0 Å². The van der Waals surface area contributed by atoms with Gasteiger partial charge in [-0.25, -0.2) is 19.6 Å². The Bertz CT molecular complexity index is 2760. The number of hydrogen-bond donors (Lipinski definition) is 4. The van der Waals surface area contributed by atoms with Crippen molar-refractivity contribution in [1.82, 2.24) is 40.4 Å². The Balaban J connectivity index is 0.000000286. The molecule has 3 aliphatic rings. The second-order valence-corrected chi connectivity index (χ2v) is 18.1. The van der Waals surface area contributed by atoms with Crippen molar-refractivity contribution >= 4 is 45.8 Å². The first-order valence-electron chi connectivity index (χ1n) is 22.9. The molecule has 0 unspecified atom stereocenters. The number of likely N-dealkylation sites (tertiary alicyclic amines) is 2. The number of nitrogens with one attached hydrogen (secondary N) is 4. The first kappa shape index (κ1) is 46.6. The molecule has 67 heavy (non-hydrogen) atoms. The van der Waals surface area contributed by atoms with Gasteiger partial charge < -0.3 is 49.3 Å². The minimum Gasteiger partial charge on any atom is -0.488 e. The maximum absolute atomic E-state index is 14.2. The Hall–Kier alpha value is -6.94. The standard InChI is InChI=1S/C38H36N6O5.C13H24N2O3/c1-21-40-30-12-10-24-15-29-27-11-9-25(14-26(27)20-49-33(29)16-28(24)35(30)41-21)31-17-39-36(42-31)32-13-22(19-47-2)18-44(32)37(45)34(43-38(46)48-3)23-7-5-4-6-8-23;1-8(2)11(14-13(17)18-5)12(16)15-9(3)6-7-10(15)4/h4-12,14-17,22,32,34H,13,18-20H2,1-3H3,(H,39,42)(H,40,41)(H,43,46);8-11H,6-7H2,1-5H3,(H,14,17)/t22-,32-,34+;9-,10+,11-/m00/s1. The number of aryl methyl sites for hydroxylation is 1. The van der Waals surface area contributed by atoms with Crippen LogP contribution in [0.15, 0.2) is 79.0 Å². The van der Waals surface area contributed by atoms with Gasteiger partial charge in [0.25, 0.3) is 5.91 Å². The van der Waals surface area contributed by atoms with E-state index in [-0.39, 0.29) is 41.8 Å². The SMILES string of the molecule is COC(=O)N[C@H](C(=O)N1[C@H](C)CC[C@@H]1C)C(C)C.COC[C@H]1C[C@@H](c2ncc(-c3ccc4c(c3)COc3cc5c(ccc6[nH]c(C)nc65)cc3-4)[nH]2)N(C(=O)[C@H](NC(=O)OC)c2ccccc2)C1. The molecular weight excluding hydrogens is 853 g/mol. The molecule has 6 aromatic rings. The van der Waals surface area contributed by atoms with Gasteiger partial charge in [-0.2, -0.15) is 0 Å². The molecule has 0 aliphatic carbocycles. The van der Waals surface area contributed by atoms with Crippen LogP contribution in [-0.2, 0) is 30.4 Å². The number of aromatic nitrogens is 4. The molecule has 4 aromatic carbocycles.